The van der Waals surface area contributed by atoms with Crippen LogP contribution in [0.2, 0.25) is 0 Å². The van der Waals surface area contributed by atoms with Crippen molar-refractivity contribution in [3.8, 4) is 0 Å². The molecule has 0 heterocycles. The Hall–Kier alpha value is -0.610. The Morgan fingerprint density at radius 3 is 2.82 bits per heavy atom. The molecule has 1 atom stereocenters. The van der Waals surface area contributed by atoms with Crippen molar-refractivity contribution in [2.24, 2.45) is 11.3 Å². The molecular formula is C13H25NO3. The largest absolute Gasteiger partial charge is 0.394 e. The highest BCUT2D eigenvalue weighted by Gasteiger charge is 2.36. The van der Waals surface area contributed by atoms with E-state index >= 15 is 0 Å². The number of aliphatic hydroxyl groups excluding tert-OH is 1. The van der Waals surface area contributed by atoms with E-state index in [0.29, 0.717) is 19.8 Å². The van der Waals surface area contributed by atoms with E-state index in [1.54, 1.807) is 0 Å². The van der Waals surface area contributed by atoms with Gasteiger partial charge in [-0.05, 0) is 18.3 Å². The van der Waals surface area contributed by atoms with Crippen LogP contribution in [0.25, 0.3) is 0 Å². The van der Waals surface area contributed by atoms with Gasteiger partial charge < -0.3 is 15.2 Å². The summed E-state index contributed by atoms with van der Waals surface area (Å²) in [6, 6.07) is 0. The van der Waals surface area contributed by atoms with E-state index in [4.69, 9.17) is 9.84 Å². The first-order valence-corrected chi connectivity index (χ1v) is 6.54. The number of hydrogen-bond acceptors (Lipinski definition) is 3. The lowest BCUT2D eigenvalue weighted by atomic mass is 9.68. The molecule has 4 heteroatoms. The monoisotopic (exact) mass is 243 g/mol. The van der Waals surface area contributed by atoms with Gasteiger partial charge in [-0.2, -0.15) is 0 Å². The standard InChI is InChI=1S/C13H25NO3/c1-13(2)6-4-3-5-11(13)12(16)14-7-9-17-10-8-15/h11,15H,3-10H2,1-2H3,(H,14,16). The van der Waals surface area contributed by atoms with Crippen molar-refractivity contribution in [1.29, 1.82) is 0 Å². The van der Waals surface area contributed by atoms with E-state index in [9.17, 15) is 4.79 Å². The third-order valence-corrected chi connectivity index (χ3v) is 3.60. The number of ether oxygens (including phenoxy) is 1. The first-order chi connectivity index (χ1) is 8.08. The van der Waals surface area contributed by atoms with Crippen LogP contribution in [0, 0.1) is 11.3 Å². The molecule has 1 fully saturated rings. The molecule has 1 aliphatic rings. The van der Waals surface area contributed by atoms with Crippen molar-refractivity contribution < 1.29 is 14.6 Å². The van der Waals surface area contributed by atoms with Gasteiger partial charge in [-0.1, -0.05) is 26.7 Å². The lowest BCUT2D eigenvalue weighted by Gasteiger charge is -2.37. The summed E-state index contributed by atoms with van der Waals surface area (Å²) in [4.78, 5) is 12.0. The fraction of sp³-hybridized carbons (Fsp3) is 0.923. The summed E-state index contributed by atoms with van der Waals surface area (Å²) in [5, 5.41) is 11.5. The summed E-state index contributed by atoms with van der Waals surface area (Å²) in [6.45, 7) is 5.73. The molecule has 100 valence electrons. The number of carbonyl (C=O) groups is 1. The quantitative estimate of drug-likeness (QED) is 0.692. The Bertz CT molecular complexity index is 241. The van der Waals surface area contributed by atoms with Crippen molar-refractivity contribution in [1.82, 2.24) is 5.32 Å². The summed E-state index contributed by atoms with van der Waals surface area (Å²) in [5.41, 5.74) is 0.119. The minimum Gasteiger partial charge on any atom is -0.394 e. The smallest absolute Gasteiger partial charge is 0.223 e. The third-order valence-electron chi connectivity index (χ3n) is 3.60. The van der Waals surface area contributed by atoms with Gasteiger partial charge in [-0.3, -0.25) is 4.79 Å². The van der Waals surface area contributed by atoms with Gasteiger partial charge in [0.15, 0.2) is 0 Å². The van der Waals surface area contributed by atoms with Crippen LogP contribution in [-0.4, -0.2) is 37.4 Å². The predicted molar refractivity (Wildman–Crippen MR) is 66.7 cm³/mol. The van der Waals surface area contributed by atoms with E-state index in [-0.39, 0.29) is 23.8 Å². The Balaban J connectivity index is 2.26. The molecule has 0 aromatic rings. The van der Waals surface area contributed by atoms with Crippen molar-refractivity contribution in [2.45, 2.75) is 39.5 Å². The van der Waals surface area contributed by atoms with Crippen molar-refractivity contribution >= 4 is 5.91 Å². The van der Waals surface area contributed by atoms with Crippen LogP contribution in [0.4, 0.5) is 0 Å². The Kier molecular flexibility index (Phi) is 5.92. The summed E-state index contributed by atoms with van der Waals surface area (Å²) >= 11 is 0. The maximum Gasteiger partial charge on any atom is 0.223 e. The fourth-order valence-corrected chi connectivity index (χ4v) is 2.52. The molecule has 0 aromatic heterocycles. The van der Waals surface area contributed by atoms with Gasteiger partial charge in [0.1, 0.15) is 0 Å². The van der Waals surface area contributed by atoms with Crippen molar-refractivity contribution in [3.63, 3.8) is 0 Å². The fourth-order valence-electron chi connectivity index (χ4n) is 2.52. The zero-order chi connectivity index (χ0) is 12.7. The minimum absolute atomic E-state index is 0.0314. The van der Waals surface area contributed by atoms with Gasteiger partial charge >= 0.3 is 0 Å². The number of rotatable bonds is 6. The van der Waals surface area contributed by atoms with Crippen LogP contribution >= 0.6 is 0 Å². The van der Waals surface area contributed by atoms with E-state index in [1.165, 1.54) is 6.42 Å². The van der Waals surface area contributed by atoms with Crippen LogP contribution in [0.3, 0.4) is 0 Å². The molecule has 0 aromatic carbocycles. The second-order valence-electron chi connectivity index (χ2n) is 5.41. The average molecular weight is 243 g/mol. The number of carbonyl (C=O) groups excluding carboxylic acids is 1. The van der Waals surface area contributed by atoms with Crippen LogP contribution in [0.15, 0.2) is 0 Å². The zero-order valence-electron chi connectivity index (χ0n) is 11.0. The second-order valence-corrected chi connectivity index (χ2v) is 5.41. The normalized spacial score (nSPS) is 23.4. The first kappa shape index (κ1) is 14.5. The first-order valence-electron chi connectivity index (χ1n) is 6.54. The molecule has 17 heavy (non-hydrogen) atoms. The average Bonchev–Trinajstić information content (AvgIpc) is 2.28. The number of nitrogens with one attached hydrogen (secondary N) is 1. The third kappa shape index (κ3) is 4.64. The summed E-state index contributed by atoms with van der Waals surface area (Å²) in [6.07, 6.45) is 4.52. The second kappa shape index (κ2) is 6.97. The lowest BCUT2D eigenvalue weighted by molar-refractivity contribution is -0.130. The highest BCUT2D eigenvalue weighted by atomic mass is 16.5. The molecule has 0 aliphatic heterocycles. The SMILES string of the molecule is CC1(C)CCCCC1C(=O)NCCOCCO. The topological polar surface area (TPSA) is 58.6 Å². The van der Waals surface area contributed by atoms with Gasteiger partial charge in [0.2, 0.25) is 5.91 Å². The maximum atomic E-state index is 12.0. The lowest BCUT2D eigenvalue weighted by Crippen LogP contribution is -2.42. The van der Waals surface area contributed by atoms with Gasteiger partial charge in [-0.25, -0.2) is 0 Å². The van der Waals surface area contributed by atoms with Crippen LogP contribution in [0.5, 0.6) is 0 Å². The number of amides is 1. The van der Waals surface area contributed by atoms with E-state index in [0.717, 1.165) is 19.3 Å². The highest BCUT2D eigenvalue weighted by Crippen LogP contribution is 2.40. The molecule has 1 rings (SSSR count). The molecule has 0 saturated heterocycles. The molecule has 0 radical (unpaired) electrons. The summed E-state index contributed by atoms with van der Waals surface area (Å²) in [5.74, 6) is 0.288. The molecule has 0 spiro atoms. The minimum atomic E-state index is 0.0314. The molecule has 1 aliphatic carbocycles. The molecule has 2 N–H and O–H groups in total. The van der Waals surface area contributed by atoms with Crippen LogP contribution in [0.1, 0.15) is 39.5 Å². The zero-order valence-corrected chi connectivity index (χ0v) is 11.0. The van der Waals surface area contributed by atoms with E-state index in [2.05, 4.69) is 19.2 Å². The van der Waals surface area contributed by atoms with E-state index in [1.807, 2.05) is 0 Å². The molecular weight excluding hydrogens is 218 g/mol. The molecule has 0 bridgehead atoms. The highest BCUT2D eigenvalue weighted by molar-refractivity contribution is 5.79. The molecule has 1 saturated carbocycles. The van der Waals surface area contributed by atoms with Crippen molar-refractivity contribution in [3.05, 3.63) is 0 Å². The van der Waals surface area contributed by atoms with Gasteiger partial charge in [0.25, 0.3) is 0 Å². The van der Waals surface area contributed by atoms with Crippen LogP contribution < -0.4 is 5.32 Å². The Morgan fingerprint density at radius 2 is 2.18 bits per heavy atom. The van der Waals surface area contributed by atoms with Gasteiger partial charge in [0.05, 0.1) is 19.8 Å². The Labute approximate surface area is 104 Å². The molecule has 1 amide bonds. The summed E-state index contributed by atoms with van der Waals surface area (Å²) in [7, 11) is 0. The Morgan fingerprint density at radius 1 is 1.41 bits per heavy atom. The number of hydrogen-bond donors (Lipinski definition) is 2. The summed E-state index contributed by atoms with van der Waals surface area (Å²) < 4.78 is 5.11. The van der Waals surface area contributed by atoms with Gasteiger partial charge in [0, 0.05) is 12.5 Å². The van der Waals surface area contributed by atoms with E-state index < -0.39 is 0 Å². The van der Waals surface area contributed by atoms with Crippen molar-refractivity contribution in [2.75, 3.05) is 26.4 Å². The maximum absolute atomic E-state index is 12.0. The molecule has 1 unspecified atom stereocenters. The van der Waals surface area contributed by atoms with Gasteiger partial charge in [-0.15, -0.1) is 0 Å². The predicted octanol–water partition coefficient (Wildman–Crippen LogP) is 1.33. The molecule has 4 nitrogen and oxygen atoms in total. The number of aliphatic hydroxyl groups is 1. The van der Waals surface area contributed by atoms with Crippen LogP contribution in [-0.2, 0) is 9.53 Å².